The molecular formula is C24H27N5O3S. The molecule has 1 saturated heterocycles. The van der Waals surface area contributed by atoms with E-state index < -0.39 is 11.8 Å². The molecule has 1 aromatic heterocycles. The van der Waals surface area contributed by atoms with Gasteiger partial charge in [-0.3, -0.25) is 14.4 Å². The van der Waals surface area contributed by atoms with E-state index in [2.05, 4.69) is 15.6 Å². The normalized spacial score (nSPS) is 18.7. The van der Waals surface area contributed by atoms with Gasteiger partial charge in [0.25, 0.3) is 17.7 Å². The summed E-state index contributed by atoms with van der Waals surface area (Å²) in [7, 11) is 0. The van der Waals surface area contributed by atoms with Gasteiger partial charge in [0.2, 0.25) is 0 Å². The number of nitrogens with zero attached hydrogens (tertiary/aromatic N) is 4. The lowest BCUT2D eigenvalue weighted by Gasteiger charge is -2.15. The molecule has 2 aliphatic heterocycles. The second kappa shape index (κ2) is 9.27. The molecule has 0 spiro atoms. The number of hydrogen-bond acceptors (Lipinski definition) is 6. The maximum absolute atomic E-state index is 13.1. The molecule has 172 valence electrons. The number of thiophene rings is 1. The van der Waals surface area contributed by atoms with Gasteiger partial charge >= 0.3 is 0 Å². The van der Waals surface area contributed by atoms with Gasteiger partial charge in [0, 0.05) is 13.1 Å². The smallest absolute Gasteiger partial charge is 0.281 e. The van der Waals surface area contributed by atoms with Crippen molar-refractivity contribution < 1.29 is 14.4 Å². The zero-order chi connectivity index (χ0) is 23.7. The number of amides is 3. The Labute approximate surface area is 197 Å². The predicted octanol–water partition coefficient (Wildman–Crippen LogP) is 3.75. The summed E-state index contributed by atoms with van der Waals surface area (Å²) in [6, 6.07) is 9.06. The second-order valence-corrected chi connectivity index (χ2v) is 9.53. The maximum atomic E-state index is 13.1. The van der Waals surface area contributed by atoms with E-state index in [9.17, 15) is 14.4 Å². The summed E-state index contributed by atoms with van der Waals surface area (Å²) >= 11 is 1.15. The van der Waals surface area contributed by atoms with Crippen LogP contribution in [0.2, 0.25) is 0 Å². The summed E-state index contributed by atoms with van der Waals surface area (Å²) in [6.07, 6.45) is 2.03. The van der Waals surface area contributed by atoms with Crippen LogP contribution in [0.5, 0.6) is 0 Å². The highest BCUT2D eigenvalue weighted by Crippen LogP contribution is 2.27. The lowest BCUT2D eigenvalue weighted by molar-refractivity contribution is -0.118. The minimum Gasteiger partial charge on any atom is -0.338 e. The molecule has 3 heterocycles. The topological polar surface area (TPSA) is 94.4 Å². The van der Waals surface area contributed by atoms with Crippen molar-refractivity contribution in [1.82, 2.24) is 10.3 Å². The monoisotopic (exact) mass is 465 g/mol. The fourth-order valence-corrected chi connectivity index (χ4v) is 4.86. The number of carbonyl (C=O) groups is 3. The summed E-state index contributed by atoms with van der Waals surface area (Å²) in [4.78, 5) is 40.9. The first-order chi connectivity index (χ1) is 15.8. The van der Waals surface area contributed by atoms with Crippen molar-refractivity contribution in [2.24, 2.45) is 16.1 Å². The molecule has 3 amide bonds. The summed E-state index contributed by atoms with van der Waals surface area (Å²) < 4.78 is 0. The molecule has 0 aliphatic carbocycles. The van der Waals surface area contributed by atoms with E-state index >= 15 is 0 Å². The molecule has 1 fully saturated rings. The number of nitrogens with one attached hydrogen (secondary N) is 1. The summed E-state index contributed by atoms with van der Waals surface area (Å²) in [5.41, 5.74) is 6.50. The maximum Gasteiger partial charge on any atom is 0.281 e. The van der Waals surface area contributed by atoms with Gasteiger partial charge in [-0.2, -0.15) is 15.2 Å². The van der Waals surface area contributed by atoms with E-state index in [4.69, 9.17) is 0 Å². The van der Waals surface area contributed by atoms with Crippen LogP contribution in [0.15, 0.2) is 40.5 Å². The molecule has 4 rings (SSSR count). The Morgan fingerprint density at radius 3 is 2.45 bits per heavy atom. The third-order valence-corrected chi connectivity index (χ3v) is 7.12. The Morgan fingerprint density at radius 1 is 1.06 bits per heavy atom. The van der Waals surface area contributed by atoms with Crippen LogP contribution in [-0.4, -0.2) is 47.1 Å². The SMILES string of the molecule is CC1=NN(c2ccc(C)c(C)c2)C(=O)C1/C(C)=N/NC(=O)c1ccc(C(=O)N2CCCC2)s1. The Hall–Kier alpha value is -3.33. The van der Waals surface area contributed by atoms with E-state index in [1.807, 2.05) is 36.9 Å². The average molecular weight is 466 g/mol. The van der Waals surface area contributed by atoms with Crippen molar-refractivity contribution >= 4 is 46.2 Å². The molecule has 33 heavy (non-hydrogen) atoms. The number of carbonyl (C=O) groups excluding carboxylic acids is 3. The Balaban J connectivity index is 1.43. The van der Waals surface area contributed by atoms with Crippen LogP contribution in [0.4, 0.5) is 5.69 Å². The molecular weight excluding hydrogens is 438 g/mol. The highest BCUT2D eigenvalue weighted by molar-refractivity contribution is 7.15. The van der Waals surface area contributed by atoms with Crippen molar-refractivity contribution in [1.29, 1.82) is 0 Å². The number of anilines is 1. The fraction of sp³-hybridized carbons (Fsp3) is 0.375. The van der Waals surface area contributed by atoms with Crippen LogP contribution in [0.25, 0.3) is 0 Å². The number of rotatable bonds is 5. The molecule has 8 nitrogen and oxygen atoms in total. The van der Waals surface area contributed by atoms with Gasteiger partial charge in [-0.25, -0.2) is 5.43 Å². The minimum absolute atomic E-state index is 0.0361. The zero-order valence-corrected chi connectivity index (χ0v) is 20.0. The van der Waals surface area contributed by atoms with E-state index in [1.165, 1.54) is 5.01 Å². The molecule has 1 aromatic carbocycles. The molecule has 1 unspecified atom stereocenters. The van der Waals surface area contributed by atoms with Gasteiger partial charge in [-0.1, -0.05) is 6.07 Å². The Morgan fingerprint density at radius 2 is 1.76 bits per heavy atom. The van der Waals surface area contributed by atoms with Crippen LogP contribution < -0.4 is 10.4 Å². The van der Waals surface area contributed by atoms with Crippen LogP contribution >= 0.6 is 11.3 Å². The first-order valence-corrected chi connectivity index (χ1v) is 11.8. The first kappa shape index (κ1) is 22.8. The number of hydrogen-bond donors (Lipinski definition) is 1. The zero-order valence-electron chi connectivity index (χ0n) is 19.2. The molecule has 0 bridgehead atoms. The standard InChI is InChI=1S/C24H27N5O3S/c1-14-7-8-18(13-15(14)2)29-24(32)21(17(4)27-29)16(3)25-26-22(30)19-9-10-20(33-19)23(31)28-11-5-6-12-28/h7-10,13,21H,5-6,11-12H2,1-4H3,(H,26,30)/b25-16+. The van der Waals surface area contributed by atoms with Crippen molar-refractivity contribution in [2.45, 2.75) is 40.5 Å². The number of aryl methyl sites for hydroxylation is 2. The van der Waals surface area contributed by atoms with Gasteiger partial charge < -0.3 is 4.90 Å². The van der Waals surface area contributed by atoms with E-state index in [0.29, 0.717) is 26.9 Å². The van der Waals surface area contributed by atoms with Crippen LogP contribution in [0, 0.1) is 19.8 Å². The molecule has 0 radical (unpaired) electrons. The number of benzene rings is 1. The predicted molar refractivity (Wildman–Crippen MR) is 130 cm³/mol. The molecule has 1 atom stereocenters. The fourth-order valence-electron chi connectivity index (χ4n) is 4.00. The Bertz CT molecular complexity index is 1180. The molecule has 1 N–H and O–H groups in total. The number of hydrazone groups is 2. The van der Waals surface area contributed by atoms with Gasteiger partial charge in [0.15, 0.2) is 0 Å². The molecule has 2 aromatic rings. The highest BCUT2D eigenvalue weighted by Gasteiger charge is 2.36. The second-order valence-electron chi connectivity index (χ2n) is 8.45. The van der Waals surface area contributed by atoms with Crippen LogP contribution in [0.1, 0.15) is 57.2 Å². The average Bonchev–Trinajstić information content (AvgIpc) is 3.54. The highest BCUT2D eigenvalue weighted by atomic mass is 32.1. The van der Waals surface area contributed by atoms with Crippen molar-refractivity contribution in [3.05, 3.63) is 51.2 Å². The van der Waals surface area contributed by atoms with Crippen LogP contribution in [0.3, 0.4) is 0 Å². The van der Waals surface area contributed by atoms with E-state index in [1.54, 1.807) is 26.0 Å². The van der Waals surface area contributed by atoms with Gasteiger partial charge in [-0.05, 0) is 75.9 Å². The lowest BCUT2D eigenvalue weighted by atomic mass is 9.99. The minimum atomic E-state index is -0.637. The Kier molecular flexibility index (Phi) is 6.42. The first-order valence-electron chi connectivity index (χ1n) is 11.0. The van der Waals surface area contributed by atoms with Crippen molar-refractivity contribution in [3.8, 4) is 0 Å². The number of likely N-dealkylation sites (tertiary alicyclic amines) is 1. The van der Waals surface area contributed by atoms with Crippen LogP contribution in [-0.2, 0) is 4.79 Å². The van der Waals surface area contributed by atoms with Crippen molar-refractivity contribution in [3.63, 3.8) is 0 Å². The third kappa shape index (κ3) is 4.59. The summed E-state index contributed by atoms with van der Waals surface area (Å²) in [6.45, 7) is 9.00. The largest absolute Gasteiger partial charge is 0.338 e. The van der Waals surface area contributed by atoms with Gasteiger partial charge in [-0.15, -0.1) is 11.3 Å². The van der Waals surface area contributed by atoms with Crippen molar-refractivity contribution in [2.75, 3.05) is 18.1 Å². The third-order valence-electron chi connectivity index (χ3n) is 6.05. The molecule has 2 aliphatic rings. The lowest BCUT2D eigenvalue weighted by Crippen LogP contribution is -2.33. The van der Waals surface area contributed by atoms with Gasteiger partial charge in [0.05, 0.1) is 26.9 Å². The van der Waals surface area contributed by atoms with E-state index in [-0.39, 0.29) is 11.8 Å². The molecule has 9 heteroatoms. The summed E-state index contributed by atoms with van der Waals surface area (Å²) in [5, 5.41) is 9.99. The summed E-state index contributed by atoms with van der Waals surface area (Å²) in [5.74, 6) is -1.29. The quantitative estimate of drug-likeness (QED) is 0.538. The van der Waals surface area contributed by atoms with Gasteiger partial charge in [0.1, 0.15) is 5.92 Å². The van der Waals surface area contributed by atoms with E-state index in [0.717, 1.165) is 48.4 Å². The molecule has 0 saturated carbocycles.